The highest BCUT2D eigenvalue weighted by Gasteiger charge is 2.15. The lowest BCUT2D eigenvalue weighted by molar-refractivity contribution is -0.132. The van der Waals surface area contributed by atoms with Crippen molar-refractivity contribution in [1.29, 1.82) is 0 Å². The van der Waals surface area contributed by atoms with E-state index < -0.39 is 0 Å². The number of thioether (sulfide) groups is 1. The zero-order valence-corrected chi connectivity index (χ0v) is 13.4. The molecular formula is C16H25NO2S. The molecule has 0 radical (unpaired) electrons. The van der Waals surface area contributed by atoms with Crippen LogP contribution in [0.25, 0.3) is 0 Å². The second-order valence-corrected chi connectivity index (χ2v) is 6.34. The Morgan fingerprint density at radius 2 is 1.95 bits per heavy atom. The summed E-state index contributed by atoms with van der Waals surface area (Å²) in [5.74, 6) is 0.970. The first-order valence-corrected chi connectivity index (χ1v) is 8.13. The maximum Gasteiger partial charge on any atom is 0.223 e. The minimum atomic E-state index is 0.134. The van der Waals surface area contributed by atoms with Crippen LogP contribution in [0.1, 0.15) is 32.3 Å². The SMILES string of the molecule is Cc1ccc(SCCC(=O)N(CCCO)C(C)C)cc1. The maximum absolute atomic E-state index is 12.2. The second-order valence-electron chi connectivity index (χ2n) is 5.17. The van der Waals surface area contributed by atoms with Gasteiger partial charge in [0, 0.05) is 36.3 Å². The molecule has 20 heavy (non-hydrogen) atoms. The molecule has 0 spiro atoms. The van der Waals surface area contributed by atoms with E-state index in [1.807, 2.05) is 18.7 Å². The summed E-state index contributed by atoms with van der Waals surface area (Å²) in [7, 11) is 0. The number of nitrogens with zero attached hydrogens (tertiary/aromatic N) is 1. The van der Waals surface area contributed by atoms with E-state index in [9.17, 15) is 4.79 Å². The van der Waals surface area contributed by atoms with Crippen molar-refractivity contribution < 1.29 is 9.90 Å². The first kappa shape index (κ1) is 17.1. The molecule has 1 amide bonds. The Morgan fingerprint density at radius 1 is 1.30 bits per heavy atom. The highest BCUT2D eigenvalue weighted by molar-refractivity contribution is 7.99. The molecule has 1 rings (SSSR count). The molecule has 1 N–H and O–H groups in total. The molecule has 0 fully saturated rings. The Morgan fingerprint density at radius 3 is 2.50 bits per heavy atom. The summed E-state index contributed by atoms with van der Waals surface area (Å²) in [5.41, 5.74) is 1.25. The maximum atomic E-state index is 12.2. The fourth-order valence-corrected chi connectivity index (χ4v) is 2.79. The van der Waals surface area contributed by atoms with Gasteiger partial charge in [0.15, 0.2) is 0 Å². The molecule has 0 saturated heterocycles. The number of aliphatic hydroxyl groups excluding tert-OH is 1. The van der Waals surface area contributed by atoms with Gasteiger partial charge in [0.2, 0.25) is 5.91 Å². The Hall–Kier alpha value is -1.00. The van der Waals surface area contributed by atoms with E-state index in [2.05, 4.69) is 31.2 Å². The highest BCUT2D eigenvalue weighted by Crippen LogP contribution is 2.19. The number of carbonyl (C=O) groups is 1. The van der Waals surface area contributed by atoms with Crippen LogP contribution in [0.2, 0.25) is 0 Å². The van der Waals surface area contributed by atoms with Gasteiger partial charge in [-0.1, -0.05) is 17.7 Å². The minimum absolute atomic E-state index is 0.134. The van der Waals surface area contributed by atoms with Crippen LogP contribution >= 0.6 is 11.8 Å². The topological polar surface area (TPSA) is 40.5 Å². The molecule has 0 aliphatic rings. The quantitative estimate of drug-likeness (QED) is 0.749. The van der Waals surface area contributed by atoms with Crippen LogP contribution in [0.15, 0.2) is 29.2 Å². The lowest BCUT2D eigenvalue weighted by Gasteiger charge is -2.26. The van der Waals surface area contributed by atoms with E-state index in [-0.39, 0.29) is 18.6 Å². The third kappa shape index (κ3) is 5.97. The van der Waals surface area contributed by atoms with Crippen molar-refractivity contribution in [2.24, 2.45) is 0 Å². The van der Waals surface area contributed by atoms with Gasteiger partial charge in [-0.15, -0.1) is 11.8 Å². The largest absolute Gasteiger partial charge is 0.396 e. The Labute approximate surface area is 126 Å². The van der Waals surface area contributed by atoms with Crippen molar-refractivity contribution in [3.63, 3.8) is 0 Å². The third-order valence-electron chi connectivity index (χ3n) is 3.11. The number of aryl methyl sites for hydroxylation is 1. The molecule has 4 heteroatoms. The molecule has 1 aromatic rings. The van der Waals surface area contributed by atoms with Crippen LogP contribution in [0, 0.1) is 6.92 Å². The predicted octanol–water partition coefficient (Wildman–Crippen LogP) is 3.10. The van der Waals surface area contributed by atoms with Crippen LogP contribution in [-0.4, -0.2) is 40.9 Å². The summed E-state index contributed by atoms with van der Waals surface area (Å²) in [6.07, 6.45) is 1.19. The van der Waals surface area contributed by atoms with Crippen LogP contribution < -0.4 is 0 Å². The number of amides is 1. The van der Waals surface area contributed by atoms with E-state index >= 15 is 0 Å². The van der Waals surface area contributed by atoms with Gasteiger partial charge in [0.25, 0.3) is 0 Å². The summed E-state index contributed by atoms with van der Waals surface area (Å²) >= 11 is 1.71. The number of hydrogen-bond acceptors (Lipinski definition) is 3. The van der Waals surface area contributed by atoms with Gasteiger partial charge in [0.1, 0.15) is 0 Å². The molecular weight excluding hydrogens is 270 g/mol. The van der Waals surface area contributed by atoms with Crippen LogP contribution in [-0.2, 0) is 4.79 Å². The Balaban J connectivity index is 2.38. The van der Waals surface area contributed by atoms with Crippen LogP contribution in [0.3, 0.4) is 0 Å². The normalized spacial score (nSPS) is 10.8. The molecule has 0 heterocycles. The number of aliphatic hydroxyl groups is 1. The van der Waals surface area contributed by atoms with Gasteiger partial charge in [-0.3, -0.25) is 4.79 Å². The first-order chi connectivity index (χ1) is 9.54. The first-order valence-electron chi connectivity index (χ1n) is 7.14. The molecule has 0 unspecified atom stereocenters. The van der Waals surface area contributed by atoms with Crippen molar-refractivity contribution in [3.05, 3.63) is 29.8 Å². The fourth-order valence-electron chi connectivity index (χ4n) is 1.95. The number of hydrogen-bond donors (Lipinski definition) is 1. The second kappa shape index (κ2) is 9.03. The molecule has 0 aliphatic heterocycles. The van der Waals surface area contributed by atoms with Crippen molar-refractivity contribution >= 4 is 17.7 Å². The van der Waals surface area contributed by atoms with E-state index in [0.717, 1.165) is 5.75 Å². The fraction of sp³-hybridized carbons (Fsp3) is 0.562. The summed E-state index contributed by atoms with van der Waals surface area (Å²) in [6.45, 7) is 6.88. The molecule has 0 atom stereocenters. The molecule has 112 valence electrons. The standard InChI is InChI=1S/C16H25NO2S/c1-13(2)17(10-4-11-18)16(19)9-12-20-15-7-5-14(3)6-8-15/h5-8,13,18H,4,9-12H2,1-3H3. The minimum Gasteiger partial charge on any atom is -0.396 e. The predicted molar refractivity (Wildman–Crippen MR) is 85.1 cm³/mol. The van der Waals surface area contributed by atoms with Crippen molar-refractivity contribution in [2.75, 3.05) is 18.9 Å². The van der Waals surface area contributed by atoms with E-state index in [1.54, 1.807) is 11.8 Å². The number of rotatable bonds is 8. The molecule has 0 aromatic heterocycles. The zero-order chi connectivity index (χ0) is 15.0. The monoisotopic (exact) mass is 295 g/mol. The van der Waals surface area contributed by atoms with Crippen LogP contribution in [0.4, 0.5) is 0 Å². The zero-order valence-electron chi connectivity index (χ0n) is 12.6. The van der Waals surface area contributed by atoms with E-state index in [0.29, 0.717) is 19.4 Å². The smallest absolute Gasteiger partial charge is 0.223 e. The van der Waals surface area contributed by atoms with Crippen molar-refractivity contribution in [3.8, 4) is 0 Å². The summed E-state index contributed by atoms with van der Waals surface area (Å²) in [4.78, 5) is 15.2. The van der Waals surface area contributed by atoms with Crippen molar-refractivity contribution in [2.45, 2.75) is 44.6 Å². The van der Waals surface area contributed by atoms with E-state index in [4.69, 9.17) is 5.11 Å². The summed E-state index contributed by atoms with van der Waals surface area (Å²) < 4.78 is 0. The van der Waals surface area contributed by atoms with Gasteiger partial charge in [-0.2, -0.15) is 0 Å². The lowest BCUT2D eigenvalue weighted by Crippen LogP contribution is -2.38. The molecule has 0 aliphatic carbocycles. The van der Waals surface area contributed by atoms with Crippen LogP contribution in [0.5, 0.6) is 0 Å². The number of benzene rings is 1. The summed E-state index contributed by atoms with van der Waals surface area (Å²) in [5, 5.41) is 8.88. The average Bonchev–Trinajstić information content (AvgIpc) is 2.41. The lowest BCUT2D eigenvalue weighted by atomic mass is 10.2. The van der Waals surface area contributed by atoms with Gasteiger partial charge in [-0.25, -0.2) is 0 Å². The van der Waals surface area contributed by atoms with Gasteiger partial charge >= 0.3 is 0 Å². The molecule has 3 nitrogen and oxygen atoms in total. The number of carbonyl (C=O) groups excluding carboxylic acids is 1. The average molecular weight is 295 g/mol. The Kier molecular flexibility index (Phi) is 7.70. The van der Waals surface area contributed by atoms with Gasteiger partial charge in [-0.05, 0) is 39.3 Å². The van der Waals surface area contributed by atoms with Gasteiger partial charge < -0.3 is 10.0 Å². The molecule has 0 bridgehead atoms. The third-order valence-corrected chi connectivity index (χ3v) is 4.12. The molecule has 1 aromatic carbocycles. The van der Waals surface area contributed by atoms with Crippen molar-refractivity contribution in [1.82, 2.24) is 4.90 Å². The van der Waals surface area contributed by atoms with Gasteiger partial charge in [0.05, 0.1) is 0 Å². The Bertz CT molecular complexity index is 403. The highest BCUT2D eigenvalue weighted by atomic mass is 32.2. The summed E-state index contributed by atoms with van der Waals surface area (Å²) in [6, 6.07) is 8.56. The van der Waals surface area contributed by atoms with E-state index in [1.165, 1.54) is 10.5 Å². The molecule has 0 saturated carbocycles.